The molecule has 1 aromatic rings. The molecule has 1 aromatic carbocycles. The zero-order valence-corrected chi connectivity index (χ0v) is 11.4. The van der Waals surface area contributed by atoms with Crippen LogP contribution in [0.2, 0.25) is 0 Å². The Morgan fingerprint density at radius 2 is 1.95 bits per heavy atom. The lowest BCUT2D eigenvalue weighted by molar-refractivity contribution is 0.0981. The van der Waals surface area contributed by atoms with Crippen molar-refractivity contribution in [3.63, 3.8) is 0 Å². The summed E-state index contributed by atoms with van der Waals surface area (Å²) in [6, 6.07) is 4.25. The molecule has 1 aliphatic rings. The van der Waals surface area contributed by atoms with Crippen LogP contribution in [0.25, 0.3) is 0 Å². The van der Waals surface area contributed by atoms with Crippen molar-refractivity contribution in [1.82, 2.24) is 4.90 Å². The van der Waals surface area contributed by atoms with Crippen LogP contribution < -0.4 is 5.73 Å². The van der Waals surface area contributed by atoms with Crippen LogP contribution in [0.1, 0.15) is 44.2 Å². The first-order valence-electron chi connectivity index (χ1n) is 7.03. The van der Waals surface area contributed by atoms with E-state index in [1.165, 1.54) is 18.6 Å². The van der Waals surface area contributed by atoms with Crippen molar-refractivity contribution in [2.75, 3.05) is 13.1 Å². The summed E-state index contributed by atoms with van der Waals surface area (Å²) in [6.45, 7) is 3.65. The molecule has 0 spiro atoms. The van der Waals surface area contributed by atoms with Crippen molar-refractivity contribution in [2.24, 2.45) is 5.73 Å². The van der Waals surface area contributed by atoms with Crippen molar-refractivity contribution in [2.45, 2.75) is 44.7 Å². The zero-order valence-electron chi connectivity index (χ0n) is 11.4. The van der Waals surface area contributed by atoms with Crippen molar-refractivity contribution in [1.29, 1.82) is 0 Å². The van der Waals surface area contributed by atoms with Crippen molar-refractivity contribution in [3.8, 4) is 0 Å². The Morgan fingerprint density at radius 1 is 1.26 bits per heavy atom. The summed E-state index contributed by atoms with van der Waals surface area (Å²) in [5.41, 5.74) is 6.37. The van der Waals surface area contributed by atoms with Crippen molar-refractivity contribution >= 4 is 0 Å². The van der Waals surface area contributed by atoms with Crippen LogP contribution >= 0.6 is 0 Å². The molecule has 19 heavy (non-hydrogen) atoms. The van der Waals surface area contributed by atoms with Crippen LogP contribution in [0.3, 0.4) is 0 Å². The minimum Gasteiger partial charge on any atom is -0.330 e. The number of nitrogens with zero attached hydrogens (tertiary/aromatic N) is 1. The Balaban J connectivity index is 2.18. The third kappa shape index (κ3) is 3.51. The van der Waals surface area contributed by atoms with Gasteiger partial charge in [0.05, 0.1) is 0 Å². The molecule has 0 amide bonds. The van der Waals surface area contributed by atoms with E-state index in [1.54, 1.807) is 0 Å². The smallest absolute Gasteiger partial charge is 0.126 e. The normalized spacial score (nSPS) is 22.4. The molecular formula is C15H22F2N2. The number of likely N-dealkylation sites (tertiary alicyclic amines) is 1. The van der Waals surface area contributed by atoms with Gasteiger partial charge in [-0.1, -0.05) is 6.42 Å². The van der Waals surface area contributed by atoms with Crippen molar-refractivity contribution < 1.29 is 8.78 Å². The van der Waals surface area contributed by atoms with Crippen LogP contribution in [0.4, 0.5) is 8.78 Å². The van der Waals surface area contributed by atoms with Crippen LogP contribution in [-0.4, -0.2) is 24.0 Å². The predicted octanol–water partition coefficient (Wildman–Crippen LogP) is 3.23. The van der Waals surface area contributed by atoms with E-state index in [9.17, 15) is 8.78 Å². The van der Waals surface area contributed by atoms with Crippen LogP contribution in [0.5, 0.6) is 0 Å². The van der Waals surface area contributed by atoms with Gasteiger partial charge < -0.3 is 5.73 Å². The maximum absolute atomic E-state index is 13.3. The minimum absolute atomic E-state index is 0.0297. The number of benzene rings is 1. The molecule has 2 rings (SSSR count). The molecule has 0 radical (unpaired) electrons. The molecule has 0 aliphatic carbocycles. The molecule has 1 fully saturated rings. The maximum atomic E-state index is 13.3. The van der Waals surface area contributed by atoms with Gasteiger partial charge in [-0.15, -0.1) is 0 Å². The topological polar surface area (TPSA) is 29.3 Å². The SMILES string of the molecule is CC(c1cc(F)cc(F)c1)N1CCCCC1CCN. The molecule has 4 heteroatoms. The highest BCUT2D eigenvalue weighted by atomic mass is 19.1. The lowest BCUT2D eigenvalue weighted by Gasteiger charge is -2.40. The van der Waals surface area contributed by atoms with Crippen molar-refractivity contribution in [3.05, 3.63) is 35.4 Å². The summed E-state index contributed by atoms with van der Waals surface area (Å²) >= 11 is 0. The molecule has 106 valence electrons. The van der Waals surface area contributed by atoms with E-state index in [4.69, 9.17) is 5.73 Å². The molecular weight excluding hydrogens is 246 g/mol. The molecule has 2 N–H and O–H groups in total. The van der Waals surface area contributed by atoms with E-state index in [0.717, 1.165) is 31.9 Å². The lowest BCUT2D eigenvalue weighted by atomic mass is 9.95. The first kappa shape index (κ1) is 14.4. The van der Waals surface area contributed by atoms with E-state index >= 15 is 0 Å². The predicted molar refractivity (Wildman–Crippen MR) is 72.8 cm³/mol. The Labute approximate surface area is 113 Å². The molecule has 2 unspecified atom stereocenters. The summed E-state index contributed by atoms with van der Waals surface area (Å²) in [4.78, 5) is 2.34. The average Bonchev–Trinajstić information content (AvgIpc) is 2.38. The highest BCUT2D eigenvalue weighted by Gasteiger charge is 2.27. The summed E-state index contributed by atoms with van der Waals surface area (Å²) in [5, 5.41) is 0. The summed E-state index contributed by atoms with van der Waals surface area (Å²) in [5.74, 6) is -1.01. The maximum Gasteiger partial charge on any atom is 0.126 e. The van der Waals surface area contributed by atoms with Crippen LogP contribution in [0, 0.1) is 11.6 Å². The molecule has 1 heterocycles. The van der Waals surface area contributed by atoms with Gasteiger partial charge in [-0.25, -0.2) is 8.78 Å². The van der Waals surface area contributed by atoms with Gasteiger partial charge >= 0.3 is 0 Å². The quantitative estimate of drug-likeness (QED) is 0.908. The second-order valence-electron chi connectivity index (χ2n) is 5.34. The highest BCUT2D eigenvalue weighted by Crippen LogP contribution is 2.30. The Bertz CT molecular complexity index is 400. The van der Waals surface area contributed by atoms with E-state index < -0.39 is 11.6 Å². The number of piperidine rings is 1. The Morgan fingerprint density at radius 3 is 2.58 bits per heavy atom. The number of nitrogens with two attached hydrogens (primary N) is 1. The first-order chi connectivity index (χ1) is 9.11. The van der Waals surface area contributed by atoms with Crippen LogP contribution in [0.15, 0.2) is 18.2 Å². The molecule has 2 atom stereocenters. The van der Waals surface area contributed by atoms with Gasteiger partial charge in [0.15, 0.2) is 0 Å². The van der Waals surface area contributed by atoms with E-state index in [2.05, 4.69) is 4.90 Å². The Kier molecular flexibility index (Phi) is 4.88. The number of halogens is 2. The third-order valence-electron chi connectivity index (χ3n) is 4.04. The van der Waals surface area contributed by atoms with E-state index in [0.29, 0.717) is 18.2 Å². The largest absolute Gasteiger partial charge is 0.330 e. The fraction of sp³-hybridized carbons (Fsp3) is 0.600. The molecule has 2 nitrogen and oxygen atoms in total. The molecule has 0 bridgehead atoms. The summed E-state index contributed by atoms with van der Waals surface area (Å²) in [6.07, 6.45) is 4.43. The number of hydrogen-bond acceptors (Lipinski definition) is 2. The van der Waals surface area contributed by atoms with Gasteiger partial charge in [0.25, 0.3) is 0 Å². The standard InChI is InChI=1S/C15H22F2N2/c1-11(12-8-13(16)10-14(17)9-12)19-7-3-2-4-15(19)5-6-18/h8-11,15H,2-7,18H2,1H3. The Hall–Kier alpha value is -1.00. The van der Waals surface area contributed by atoms with Gasteiger partial charge in [0, 0.05) is 18.2 Å². The van der Waals surface area contributed by atoms with Gasteiger partial charge in [-0.3, -0.25) is 4.90 Å². The second-order valence-corrected chi connectivity index (χ2v) is 5.34. The lowest BCUT2D eigenvalue weighted by Crippen LogP contribution is -2.42. The zero-order chi connectivity index (χ0) is 13.8. The van der Waals surface area contributed by atoms with Crippen LogP contribution in [-0.2, 0) is 0 Å². The monoisotopic (exact) mass is 268 g/mol. The fourth-order valence-corrected chi connectivity index (χ4v) is 3.04. The fourth-order valence-electron chi connectivity index (χ4n) is 3.04. The third-order valence-corrected chi connectivity index (χ3v) is 4.04. The van der Waals surface area contributed by atoms with Gasteiger partial charge in [0.2, 0.25) is 0 Å². The van der Waals surface area contributed by atoms with Gasteiger partial charge in [-0.2, -0.15) is 0 Å². The molecule has 0 saturated carbocycles. The number of hydrogen-bond donors (Lipinski definition) is 1. The second kappa shape index (κ2) is 6.44. The van der Waals surface area contributed by atoms with E-state index in [1.807, 2.05) is 6.92 Å². The summed E-state index contributed by atoms with van der Waals surface area (Å²) in [7, 11) is 0. The minimum atomic E-state index is -0.505. The summed E-state index contributed by atoms with van der Waals surface area (Å²) < 4.78 is 26.6. The molecule has 1 aliphatic heterocycles. The average molecular weight is 268 g/mol. The van der Waals surface area contributed by atoms with Gasteiger partial charge in [0.1, 0.15) is 11.6 Å². The highest BCUT2D eigenvalue weighted by molar-refractivity contribution is 5.21. The first-order valence-corrected chi connectivity index (χ1v) is 7.03. The molecule has 0 aromatic heterocycles. The number of rotatable bonds is 4. The van der Waals surface area contributed by atoms with E-state index in [-0.39, 0.29) is 6.04 Å². The van der Waals surface area contributed by atoms with Gasteiger partial charge in [-0.05, 0) is 57.0 Å². The molecule has 1 saturated heterocycles.